The lowest BCUT2D eigenvalue weighted by molar-refractivity contribution is -0.127. The summed E-state index contributed by atoms with van der Waals surface area (Å²) >= 11 is 0. The zero-order valence-electron chi connectivity index (χ0n) is 10.7. The van der Waals surface area contributed by atoms with Gasteiger partial charge in [-0.25, -0.2) is 0 Å². The summed E-state index contributed by atoms with van der Waals surface area (Å²) in [5.41, 5.74) is 0. The van der Waals surface area contributed by atoms with E-state index in [9.17, 15) is 4.79 Å². The van der Waals surface area contributed by atoms with Crippen LogP contribution in [0.3, 0.4) is 0 Å². The summed E-state index contributed by atoms with van der Waals surface area (Å²) in [5, 5.41) is 3.11. The van der Waals surface area contributed by atoms with Crippen LogP contribution < -0.4 is 5.32 Å². The second kappa shape index (κ2) is 7.00. The number of carbonyl (C=O) groups is 1. The first-order chi connectivity index (χ1) is 8.36. The highest BCUT2D eigenvalue weighted by molar-refractivity contribution is 5.78. The van der Waals surface area contributed by atoms with Gasteiger partial charge in [0.05, 0.1) is 0 Å². The molecule has 0 aromatic heterocycles. The van der Waals surface area contributed by atoms with Crippen LogP contribution in [-0.4, -0.2) is 25.7 Å². The summed E-state index contributed by atoms with van der Waals surface area (Å²) in [6.45, 7) is 2.38. The summed E-state index contributed by atoms with van der Waals surface area (Å²) in [5.74, 6) is 1.32. The molecular formula is C14H25NO2. The molecule has 0 spiro atoms. The number of nitrogens with one attached hydrogen (secondary N) is 1. The van der Waals surface area contributed by atoms with Crippen LogP contribution in [0.2, 0.25) is 0 Å². The van der Waals surface area contributed by atoms with Crippen LogP contribution in [0.1, 0.15) is 51.4 Å². The van der Waals surface area contributed by atoms with Crippen molar-refractivity contribution < 1.29 is 9.53 Å². The Hall–Kier alpha value is -0.570. The topological polar surface area (TPSA) is 38.3 Å². The Balaban J connectivity index is 1.58. The number of hydrogen-bond acceptors (Lipinski definition) is 2. The van der Waals surface area contributed by atoms with Crippen molar-refractivity contribution in [2.75, 3.05) is 19.8 Å². The molecule has 2 fully saturated rings. The molecule has 0 radical (unpaired) electrons. The molecule has 1 saturated carbocycles. The number of hydrogen-bond donors (Lipinski definition) is 1. The van der Waals surface area contributed by atoms with Crippen molar-refractivity contribution in [3.63, 3.8) is 0 Å². The first-order valence-corrected chi connectivity index (χ1v) is 7.21. The van der Waals surface area contributed by atoms with Crippen molar-refractivity contribution in [2.24, 2.45) is 11.8 Å². The molecule has 1 heterocycles. The smallest absolute Gasteiger partial charge is 0.223 e. The summed E-state index contributed by atoms with van der Waals surface area (Å²) < 4.78 is 5.27. The highest BCUT2D eigenvalue weighted by Gasteiger charge is 2.21. The van der Waals surface area contributed by atoms with Gasteiger partial charge in [0, 0.05) is 25.7 Å². The monoisotopic (exact) mass is 239 g/mol. The molecular weight excluding hydrogens is 214 g/mol. The van der Waals surface area contributed by atoms with E-state index in [0.717, 1.165) is 38.5 Å². The van der Waals surface area contributed by atoms with Crippen LogP contribution in [0.4, 0.5) is 0 Å². The van der Waals surface area contributed by atoms with Crippen LogP contribution in [0.5, 0.6) is 0 Å². The van der Waals surface area contributed by atoms with Crippen molar-refractivity contribution in [3.8, 4) is 0 Å². The highest BCUT2D eigenvalue weighted by atomic mass is 16.5. The van der Waals surface area contributed by atoms with Gasteiger partial charge in [0.1, 0.15) is 0 Å². The maximum absolute atomic E-state index is 11.9. The van der Waals surface area contributed by atoms with E-state index in [1.165, 1.54) is 38.5 Å². The molecule has 17 heavy (non-hydrogen) atoms. The minimum atomic E-state index is 0.204. The van der Waals surface area contributed by atoms with E-state index in [1.54, 1.807) is 0 Å². The second-order valence-electron chi connectivity index (χ2n) is 5.47. The third kappa shape index (κ3) is 4.30. The number of amides is 1. The Kier molecular flexibility index (Phi) is 5.30. The minimum Gasteiger partial charge on any atom is -0.381 e. The standard InChI is InChI=1S/C14H25NO2/c16-14(13-7-10-17-11-8-13)15-9-6-12-4-2-1-3-5-12/h12-13H,1-11H2,(H,15,16). The van der Waals surface area contributed by atoms with Crippen molar-refractivity contribution in [1.82, 2.24) is 5.32 Å². The van der Waals surface area contributed by atoms with Gasteiger partial charge in [0.2, 0.25) is 5.91 Å². The van der Waals surface area contributed by atoms with Gasteiger partial charge in [0.15, 0.2) is 0 Å². The SMILES string of the molecule is O=C(NCCC1CCCCC1)C1CCOCC1. The van der Waals surface area contributed by atoms with Crippen LogP contribution in [-0.2, 0) is 9.53 Å². The lowest BCUT2D eigenvalue weighted by Crippen LogP contribution is -2.35. The number of ether oxygens (including phenoxy) is 1. The molecule has 2 rings (SSSR count). The molecule has 0 atom stereocenters. The summed E-state index contributed by atoms with van der Waals surface area (Å²) in [6.07, 6.45) is 9.89. The molecule has 1 saturated heterocycles. The van der Waals surface area contributed by atoms with Crippen molar-refractivity contribution >= 4 is 5.91 Å². The van der Waals surface area contributed by atoms with Crippen LogP contribution in [0.15, 0.2) is 0 Å². The molecule has 0 bridgehead atoms. The summed E-state index contributed by atoms with van der Waals surface area (Å²) in [7, 11) is 0. The van der Waals surface area contributed by atoms with Crippen molar-refractivity contribution in [1.29, 1.82) is 0 Å². The largest absolute Gasteiger partial charge is 0.381 e. The van der Waals surface area contributed by atoms with Gasteiger partial charge < -0.3 is 10.1 Å². The number of carbonyl (C=O) groups excluding carboxylic acids is 1. The van der Waals surface area contributed by atoms with E-state index in [4.69, 9.17) is 4.74 Å². The Labute approximate surface area is 104 Å². The Morgan fingerprint density at radius 1 is 1.06 bits per heavy atom. The van der Waals surface area contributed by atoms with Gasteiger partial charge in [-0.15, -0.1) is 0 Å². The van der Waals surface area contributed by atoms with Gasteiger partial charge in [0.25, 0.3) is 0 Å². The molecule has 3 nitrogen and oxygen atoms in total. The quantitative estimate of drug-likeness (QED) is 0.818. The molecule has 1 aliphatic heterocycles. The zero-order valence-corrected chi connectivity index (χ0v) is 10.7. The lowest BCUT2D eigenvalue weighted by Gasteiger charge is -2.23. The second-order valence-corrected chi connectivity index (χ2v) is 5.47. The average molecular weight is 239 g/mol. The molecule has 1 amide bonds. The van der Waals surface area contributed by atoms with Gasteiger partial charge in [-0.2, -0.15) is 0 Å². The molecule has 0 aromatic rings. The predicted octanol–water partition coefficient (Wildman–Crippen LogP) is 2.50. The Bertz CT molecular complexity index is 230. The third-order valence-electron chi connectivity index (χ3n) is 4.17. The van der Waals surface area contributed by atoms with E-state index < -0.39 is 0 Å². The average Bonchev–Trinajstić information content (AvgIpc) is 2.41. The van der Waals surface area contributed by atoms with E-state index in [2.05, 4.69) is 5.32 Å². The van der Waals surface area contributed by atoms with Gasteiger partial charge in [-0.3, -0.25) is 4.79 Å². The molecule has 2 aliphatic rings. The van der Waals surface area contributed by atoms with Gasteiger partial charge >= 0.3 is 0 Å². The highest BCUT2D eigenvalue weighted by Crippen LogP contribution is 2.25. The zero-order chi connectivity index (χ0) is 11.9. The maximum Gasteiger partial charge on any atom is 0.223 e. The fourth-order valence-electron chi connectivity index (χ4n) is 2.98. The van der Waals surface area contributed by atoms with E-state index in [1.807, 2.05) is 0 Å². The van der Waals surface area contributed by atoms with Crippen molar-refractivity contribution in [3.05, 3.63) is 0 Å². The Morgan fingerprint density at radius 2 is 1.76 bits per heavy atom. The minimum absolute atomic E-state index is 0.204. The first-order valence-electron chi connectivity index (χ1n) is 7.21. The lowest BCUT2D eigenvalue weighted by atomic mass is 9.87. The fourth-order valence-corrected chi connectivity index (χ4v) is 2.98. The molecule has 98 valence electrons. The van der Waals surface area contributed by atoms with E-state index in [0.29, 0.717) is 0 Å². The fraction of sp³-hybridized carbons (Fsp3) is 0.929. The molecule has 0 unspecified atom stereocenters. The maximum atomic E-state index is 11.9. The molecule has 1 aliphatic carbocycles. The normalized spacial score (nSPS) is 23.5. The van der Waals surface area contributed by atoms with Gasteiger partial charge in [-0.1, -0.05) is 32.1 Å². The van der Waals surface area contributed by atoms with Crippen molar-refractivity contribution in [2.45, 2.75) is 51.4 Å². The van der Waals surface area contributed by atoms with Crippen LogP contribution >= 0.6 is 0 Å². The van der Waals surface area contributed by atoms with E-state index in [-0.39, 0.29) is 11.8 Å². The molecule has 1 N–H and O–H groups in total. The summed E-state index contributed by atoms with van der Waals surface area (Å²) in [4.78, 5) is 11.9. The third-order valence-corrected chi connectivity index (χ3v) is 4.17. The molecule has 0 aromatic carbocycles. The summed E-state index contributed by atoms with van der Waals surface area (Å²) in [6, 6.07) is 0. The van der Waals surface area contributed by atoms with Crippen LogP contribution in [0, 0.1) is 11.8 Å². The predicted molar refractivity (Wildman–Crippen MR) is 67.7 cm³/mol. The van der Waals surface area contributed by atoms with E-state index >= 15 is 0 Å². The van der Waals surface area contributed by atoms with Gasteiger partial charge in [-0.05, 0) is 25.2 Å². The van der Waals surface area contributed by atoms with Crippen LogP contribution in [0.25, 0.3) is 0 Å². The molecule has 3 heteroatoms. The Morgan fingerprint density at radius 3 is 2.47 bits per heavy atom. The number of rotatable bonds is 4. The first kappa shape index (κ1) is 12.9.